The monoisotopic (exact) mass is 385 g/mol. The average Bonchev–Trinajstić information content (AvgIpc) is 2.93. The van der Waals surface area contributed by atoms with Crippen molar-refractivity contribution in [3.8, 4) is 0 Å². The molecule has 1 aromatic rings. The normalized spacial score (nSPS) is 22.6. The number of carbonyl (C=O) groups is 2. The molecule has 2 bridgehead atoms. The molecule has 26 heavy (non-hydrogen) atoms. The zero-order chi connectivity index (χ0) is 20.0. The van der Waals surface area contributed by atoms with Crippen molar-refractivity contribution in [2.24, 2.45) is 17.3 Å². The number of fused-ring (bicyclic) bond motifs is 2. The van der Waals surface area contributed by atoms with Crippen molar-refractivity contribution < 1.29 is 33.3 Å². The van der Waals surface area contributed by atoms with E-state index in [1.807, 2.05) is 30.3 Å². The van der Waals surface area contributed by atoms with Crippen molar-refractivity contribution in [3.05, 3.63) is 35.9 Å². The molecular formula is C18H27NO6S. The maximum absolute atomic E-state index is 11.3. The summed E-state index contributed by atoms with van der Waals surface area (Å²) in [6, 6.07) is 9.41. The van der Waals surface area contributed by atoms with Crippen molar-refractivity contribution in [2.45, 2.75) is 39.5 Å². The highest BCUT2D eigenvalue weighted by Crippen LogP contribution is 2.55. The number of hydrogen-bond acceptors (Lipinski definition) is 6. The van der Waals surface area contributed by atoms with Crippen molar-refractivity contribution in [2.75, 3.05) is 6.26 Å². The molecule has 146 valence electrons. The summed E-state index contributed by atoms with van der Waals surface area (Å²) >= 11 is 0. The van der Waals surface area contributed by atoms with E-state index >= 15 is 0 Å². The number of rotatable bonds is 2. The summed E-state index contributed by atoms with van der Waals surface area (Å²) in [7, 11) is -3.92. The van der Waals surface area contributed by atoms with Crippen LogP contribution >= 0.6 is 0 Å². The van der Waals surface area contributed by atoms with Crippen LogP contribution in [0.1, 0.15) is 38.7 Å². The van der Waals surface area contributed by atoms with E-state index < -0.39 is 10.1 Å². The summed E-state index contributed by atoms with van der Waals surface area (Å²) in [5.41, 5.74) is 1.29. The van der Waals surface area contributed by atoms with Crippen LogP contribution in [-0.4, -0.2) is 31.0 Å². The lowest BCUT2D eigenvalue weighted by Gasteiger charge is -2.21. The molecule has 0 radical (unpaired) electrons. The number of hydrogen-bond donors (Lipinski definition) is 1. The fourth-order valence-electron chi connectivity index (χ4n) is 3.54. The lowest BCUT2D eigenvalue weighted by atomic mass is 9.82. The Morgan fingerprint density at radius 3 is 2.12 bits per heavy atom. The van der Waals surface area contributed by atoms with Gasteiger partial charge in [-0.05, 0) is 29.7 Å². The number of quaternary nitrogens is 1. The average molecular weight is 385 g/mol. The minimum Gasteiger partial charge on any atom is -0.748 e. The van der Waals surface area contributed by atoms with Crippen molar-refractivity contribution in [1.82, 2.24) is 0 Å². The molecule has 3 rings (SSSR count). The van der Waals surface area contributed by atoms with Crippen molar-refractivity contribution in [3.63, 3.8) is 0 Å². The molecule has 0 amide bonds. The number of ketones is 1. The van der Waals surface area contributed by atoms with Crippen molar-refractivity contribution >= 4 is 21.9 Å². The highest BCUT2D eigenvalue weighted by molar-refractivity contribution is 7.84. The largest absolute Gasteiger partial charge is 0.748 e. The smallest absolute Gasteiger partial charge is 0.370 e. The van der Waals surface area contributed by atoms with E-state index in [-0.39, 0.29) is 5.97 Å². The lowest BCUT2D eigenvalue weighted by Crippen LogP contribution is -2.51. The summed E-state index contributed by atoms with van der Waals surface area (Å²) in [5.74, 6) is 4.38. The first-order valence-electron chi connectivity index (χ1n) is 8.37. The fourth-order valence-corrected chi connectivity index (χ4v) is 3.54. The first-order valence-corrected chi connectivity index (χ1v) is 10.2. The highest BCUT2D eigenvalue weighted by atomic mass is 32.2. The standard InChI is InChI=1S/C9H14O.C8H10NO2.CH4O3S/c1-9(2)6-3-4-7(9)8(10)5-6;9-11-8(10)6-7-4-2-1-3-5-7;1-5(2,3)4/h6-7H,3-5H2,1-2H3;1-5H,6H2,9H3;1H3,(H,2,3,4)/q;+1;/p-1/t6?,7-;;/m0../s1. The predicted octanol–water partition coefficient (Wildman–Crippen LogP) is 1.10. The maximum atomic E-state index is 11.3. The van der Waals surface area contributed by atoms with E-state index in [2.05, 4.69) is 24.6 Å². The Balaban J connectivity index is 0.000000209. The van der Waals surface area contributed by atoms with Gasteiger partial charge in [-0.15, -0.1) is 0 Å². The second-order valence-corrected chi connectivity index (χ2v) is 8.61. The minimum atomic E-state index is -3.92. The molecular weight excluding hydrogens is 358 g/mol. The lowest BCUT2D eigenvalue weighted by molar-refractivity contribution is -0.657. The van der Waals surface area contributed by atoms with Gasteiger partial charge in [-0.2, -0.15) is 5.90 Å². The summed E-state index contributed by atoms with van der Waals surface area (Å²) in [4.78, 5) is 26.2. The van der Waals surface area contributed by atoms with Gasteiger partial charge in [-0.3, -0.25) is 9.63 Å². The Hall–Kier alpha value is -1.77. The van der Waals surface area contributed by atoms with Gasteiger partial charge in [-0.1, -0.05) is 44.2 Å². The van der Waals surface area contributed by atoms with Gasteiger partial charge in [0, 0.05) is 18.6 Å². The topological polar surface area (TPSA) is 128 Å². The second-order valence-electron chi connectivity index (χ2n) is 7.20. The Bertz CT molecular complexity index is 706. The predicted molar refractivity (Wildman–Crippen MR) is 94.4 cm³/mol. The number of benzene rings is 1. The third-order valence-corrected chi connectivity index (χ3v) is 4.94. The van der Waals surface area contributed by atoms with Gasteiger partial charge in [-0.25, -0.2) is 13.2 Å². The number of carbonyl (C=O) groups excluding carboxylic acids is 2. The van der Waals surface area contributed by atoms with E-state index in [1.54, 1.807) is 0 Å². The minimum absolute atomic E-state index is 0.296. The van der Waals surface area contributed by atoms with Crippen LogP contribution in [0.3, 0.4) is 0 Å². The zero-order valence-electron chi connectivity index (χ0n) is 15.4. The number of Topliss-reactive ketones (excluding diaryl/α,β-unsaturated/α-hetero) is 1. The first kappa shape index (κ1) is 22.3. The summed E-state index contributed by atoms with van der Waals surface area (Å²) in [6.45, 7) is 4.50. The van der Waals surface area contributed by atoms with Gasteiger partial charge in [0.25, 0.3) is 0 Å². The molecule has 0 aliphatic heterocycles. The Morgan fingerprint density at radius 1 is 1.27 bits per heavy atom. The third-order valence-electron chi connectivity index (χ3n) is 4.94. The Morgan fingerprint density at radius 2 is 1.81 bits per heavy atom. The van der Waals surface area contributed by atoms with Crippen LogP contribution in [0.25, 0.3) is 0 Å². The molecule has 0 spiro atoms. The molecule has 1 aromatic carbocycles. The van der Waals surface area contributed by atoms with E-state index in [9.17, 15) is 9.59 Å². The van der Waals surface area contributed by atoms with Crippen LogP contribution in [0, 0.1) is 17.3 Å². The molecule has 8 heteroatoms. The van der Waals surface area contributed by atoms with Gasteiger partial charge in [0.05, 0.1) is 16.5 Å². The molecule has 2 fully saturated rings. The molecule has 1 unspecified atom stereocenters. The zero-order valence-corrected chi connectivity index (χ0v) is 16.3. The van der Waals surface area contributed by atoms with Gasteiger partial charge in [0.2, 0.25) is 0 Å². The SMILES string of the molecule is CC1(C)C2CC[C@H]1C(=O)C2.CS(=O)(=O)[O-].[NH3+]OC(=O)Cc1ccccc1. The fraction of sp³-hybridized carbons (Fsp3) is 0.556. The molecule has 7 nitrogen and oxygen atoms in total. The van der Waals surface area contributed by atoms with E-state index in [0.717, 1.165) is 18.4 Å². The first-order chi connectivity index (χ1) is 11.9. The second kappa shape index (κ2) is 9.25. The Kier molecular flexibility index (Phi) is 7.92. The van der Waals surface area contributed by atoms with E-state index in [4.69, 9.17) is 13.0 Å². The third kappa shape index (κ3) is 7.23. The molecule has 0 aromatic heterocycles. The van der Waals surface area contributed by atoms with Crippen LogP contribution in [0.15, 0.2) is 30.3 Å². The van der Waals surface area contributed by atoms with Gasteiger partial charge in [0.15, 0.2) is 0 Å². The molecule has 0 heterocycles. The van der Waals surface area contributed by atoms with Gasteiger partial charge >= 0.3 is 5.97 Å². The Labute approximate surface area is 154 Å². The van der Waals surface area contributed by atoms with Crippen molar-refractivity contribution in [1.29, 1.82) is 0 Å². The van der Waals surface area contributed by atoms with Crippen LogP contribution in [0.5, 0.6) is 0 Å². The quantitative estimate of drug-likeness (QED) is 0.600. The molecule has 2 aliphatic carbocycles. The molecule has 0 saturated heterocycles. The molecule has 3 N–H and O–H groups in total. The maximum Gasteiger partial charge on any atom is 0.370 e. The van der Waals surface area contributed by atoms with Gasteiger partial charge in [0.1, 0.15) is 5.78 Å². The summed E-state index contributed by atoms with van der Waals surface area (Å²) in [5, 5.41) is 0. The summed E-state index contributed by atoms with van der Waals surface area (Å²) < 4.78 is 27.2. The van der Waals surface area contributed by atoms with E-state index in [0.29, 0.717) is 35.7 Å². The summed E-state index contributed by atoms with van der Waals surface area (Å²) in [6.07, 6.45) is 4.23. The van der Waals surface area contributed by atoms with Crippen LogP contribution in [0.4, 0.5) is 0 Å². The molecule has 2 saturated carbocycles. The van der Waals surface area contributed by atoms with Gasteiger partial charge < -0.3 is 4.55 Å². The van der Waals surface area contributed by atoms with Crippen LogP contribution in [-0.2, 0) is 31.0 Å². The highest BCUT2D eigenvalue weighted by Gasteiger charge is 2.52. The molecule has 2 atom stereocenters. The van der Waals surface area contributed by atoms with E-state index in [1.165, 1.54) is 6.42 Å². The molecule has 2 aliphatic rings. The van der Waals surface area contributed by atoms with Crippen LogP contribution < -0.4 is 5.90 Å². The van der Waals surface area contributed by atoms with Crippen LogP contribution in [0.2, 0.25) is 0 Å².